The fraction of sp³-hybridized carbons (Fsp3) is 0.471. The molecule has 2 heterocycles. The highest BCUT2D eigenvalue weighted by Crippen LogP contribution is 2.28. The summed E-state index contributed by atoms with van der Waals surface area (Å²) in [7, 11) is 0. The monoisotopic (exact) mass is 364 g/mol. The molecular formula is C17H21ClN4OS. The van der Waals surface area contributed by atoms with Crippen LogP contribution in [0.1, 0.15) is 26.2 Å². The summed E-state index contributed by atoms with van der Waals surface area (Å²) in [5.74, 6) is 0.931. The minimum Gasteiger partial charge on any atom is -0.316 e. The van der Waals surface area contributed by atoms with Crippen molar-refractivity contribution < 1.29 is 4.79 Å². The lowest BCUT2D eigenvalue weighted by Gasteiger charge is -2.27. The van der Waals surface area contributed by atoms with Gasteiger partial charge in [0.05, 0.1) is 0 Å². The molecule has 2 N–H and O–H groups in total. The molecule has 2 unspecified atom stereocenters. The highest BCUT2D eigenvalue weighted by Gasteiger charge is 2.22. The van der Waals surface area contributed by atoms with E-state index in [9.17, 15) is 4.79 Å². The Hall–Kier alpha value is -1.50. The standard InChI is InChI=1S/C17H21ClN4OS/c1-11(13-5-3-7-19-10-13)8-15(23)20-17-22-21-16(24-17)12-4-2-6-14(18)9-12/h2,4,6,9,11,13,19H,3,5,7-8,10H2,1H3,(H,20,22,23). The molecule has 1 fully saturated rings. The fourth-order valence-electron chi connectivity index (χ4n) is 3.01. The molecule has 0 saturated carbocycles. The van der Waals surface area contributed by atoms with Crippen molar-refractivity contribution in [1.29, 1.82) is 0 Å². The molecule has 5 nitrogen and oxygen atoms in total. The number of carbonyl (C=O) groups is 1. The van der Waals surface area contributed by atoms with E-state index in [0.29, 0.717) is 28.4 Å². The molecule has 0 aliphatic carbocycles. The van der Waals surface area contributed by atoms with Gasteiger partial charge in [-0.25, -0.2) is 0 Å². The van der Waals surface area contributed by atoms with Gasteiger partial charge < -0.3 is 10.6 Å². The first kappa shape index (κ1) is 17.3. The van der Waals surface area contributed by atoms with Crippen molar-refractivity contribution in [3.8, 4) is 10.6 Å². The predicted octanol–water partition coefficient (Wildman–Crippen LogP) is 3.82. The minimum absolute atomic E-state index is 0.00173. The Labute approximate surface area is 150 Å². The summed E-state index contributed by atoms with van der Waals surface area (Å²) in [6.45, 7) is 4.24. The van der Waals surface area contributed by atoms with Crippen molar-refractivity contribution in [2.75, 3.05) is 18.4 Å². The van der Waals surface area contributed by atoms with Crippen LogP contribution in [0.2, 0.25) is 5.02 Å². The Morgan fingerprint density at radius 2 is 2.38 bits per heavy atom. The van der Waals surface area contributed by atoms with Crippen LogP contribution in [-0.4, -0.2) is 29.2 Å². The topological polar surface area (TPSA) is 66.9 Å². The van der Waals surface area contributed by atoms with Gasteiger partial charge in [-0.05, 0) is 49.9 Å². The number of halogens is 1. The molecule has 2 atom stereocenters. The molecule has 0 spiro atoms. The molecule has 24 heavy (non-hydrogen) atoms. The average Bonchev–Trinajstić information content (AvgIpc) is 3.04. The van der Waals surface area contributed by atoms with Crippen LogP contribution in [0.5, 0.6) is 0 Å². The SMILES string of the molecule is CC(CC(=O)Nc1nnc(-c2cccc(Cl)c2)s1)C1CCCNC1. The number of carbonyl (C=O) groups excluding carboxylic acids is 1. The Morgan fingerprint density at radius 3 is 3.12 bits per heavy atom. The van der Waals surface area contributed by atoms with E-state index in [0.717, 1.165) is 23.7 Å². The Morgan fingerprint density at radius 1 is 1.50 bits per heavy atom. The number of nitrogens with zero attached hydrogens (tertiary/aromatic N) is 2. The van der Waals surface area contributed by atoms with Crippen LogP contribution in [-0.2, 0) is 4.79 Å². The number of anilines is 1. The summed E-state index contributed by atoms with van der Waals surface area (Å²) in [6.07, 6.45) is 2.90. The zero-order valence-electron chi connectivity index (χ0n) is 13.6. The smallest absolute Gasteiger partial charge is 0.226 e. The molecule has 128 valence electrons. The quantitative estimate of drug-likeness (QED) is 0.846. The van der Waals surface area contributed by atoms with Crippen LogP contribution in [0.3, 0.4) is 0 Å². The van der Waals surface area contributed by atoms with E-state index in [1.165, 1.54) is 24.2 Å². The lowest BCUT2D eigenvalue weighted by atomic mass is 9.85. The molecule has 3 rings (SSSR count). The first-order valence-corrected chi connectivity index (χ1v) is 9.41. The van der Waals surface area contributed by atoms with Crippen LogP contribution >= 0.6 is 22.9 Å². The third-order valence-corrected chi connectivity index (χ3v) is 5.51. The molecule has 0 bridgehead atoms. The van der Waals surface area contributed by atoms with Gasteiger partial charge in [-0.1, -0.05) is 42.0 Å². The maximum Gasteiger partial charge on any atom is 0.226 e. The second-order valence-corrected chi connectivity index (χ2v) is 7.67. The van der Waals surface area contributed by atoms with Crippen LogP contribution in [0.25, 0.3) is 10.6 Å². The van der Waals surface area contributed by atoms with Crippen molar-refractivity contribution in [3.05, 3.63) is 29.3 Å². The molecule has 1 aliphatic rings. The molecule has 1 amide bonds. The number of amides is 1. The zero-order valence-corrected chi connectivity index (χ0v) is 15.2. The maximum absolute atomic E-state index is 12.3. The molecule has 2 aromatic rings. The molecule has 7 heteroatoms. The van der Waals surface area contributed by atoms with Gasteiger partial charge in [0.15, 0.2) is 0 Å². The number of piperidine rings is 1. The molecule has 1 aromatic heterocycles. The van der Waals surface area contributed by atoms with E-state index in [1.807, 2.05) is 24.3 Å². The Balaban J connectivity index is 1.57. The van der Waals surface area contributed by atoms with E-state index in [-0.39, 0.29) is 5.91 Å². The molecule has 1 saturated heterocycles. The van der Waals surface area contributed by atoms with E-state index in [4.69, 9.17) is 11.6 Å². The van der Waals surface area contributed by atoms with Crippen molar-refractivity contribution >= 4 is 34.0 Å². The van der Waals surface area contributed by atoms with Gasteiger partial charge in [-0.3, -0.25) is 4.79 Å². The number of aromatic nitrogens is 2. The van der Waals surface area contributed by atoms with Crippen LogP contribution in [0.4, 0.5) is 5.13 Å². The van der Waals surface area contributed by atoms with Crippen LogP contribution in [0, 0.1) is 11.8 Å². The molecule has 1 aliphatic heterocycles. The van der Waals surface area contributed by atoms with Gasteiger partial charge >= 0.3 is 0 Å². The van der Waals surface area contributed by atoms with E-state index in [1.54, 1.807) is 0 Å². The van der Waals surface area contributed by atoms with Crippen molar-refractivity contribution in [2.24, 2.45) is 11.8 Å². The normalized spacial score (nSPS) is 19.0. The first-order chi connectivity index (χ1) is 11.6. The minimum atomic E-state index is 0.00173. The van der Waals surface area contributed by atoms with Crippen molar-refractivity contribution in [1.82, 2.24) is 15.5 Å². The number of hydrogen-bond donors (Lipinski definition) is 2. The number of nitrogens with one attached hydrogen (secondary N) is 2. The summed E-state index contributed by atoms with van der Waals surface area (Å²) in [4.78, 5) is 12.3. The molecular weight excluding hydrogens is 344 g/mol. The predicted molar refractivity (Wildman–Crippen MR) is 98.4 cm³/mol. The van der Waals surface area contributed by atoms with Gasteiger partial charge in [0.1, 0.15) is 5.01 Å². The summed E-state index contributed by atoms with van der Waals surface area (Å²) in [5.41, 5.74) is 0.905. The second kappa shape index (κ2) is 8.05. The van der Waals surface area contributed by atoms with Crippen LogP contribution < -0.4 is 10.6 Å². The van der Waals surface area contributed by atoms with Gasteiger partial charge in [0.25, 0.3) is 0 Å². The van der Waals surface area contributed by atoms with Gasteiger partial charge in [-0.15, -0.1) is 10.2 Å². The molecule has 0 radical (unpaired) electrons. The van der Waals surface area contributed by atoms with Gasteiger partial charge in [0, 0.05) is 17.0 Å². The Bertz CT molecular complexity index is 699. The van der Waals surface area contributed by atoms with Crippen molar-refractivity contribution in [2.45, 2.75) is 26.2 Å². The molecule has 1 aromatic carbocycles. The van der Waals surface area contributed by atoms with Crippen molar-refractivity contribution in [3.63, 3.8) is 0 Å². The summed E-state index contributed by atoms with van der Waals surface area (Å²) in [6, 6.07) is 7.45. The zero-order chi connectivity index (χ0) is 16.9. The van der Waals surface area contributed by atoms with E-state index in [2.05, 4.69) is 27.8 Å². The lowest BCUT2D eigenvalue weighted by Crippen LogP contribution is -2.34. The summed E-state index contributed by atoms with van der Waals surface area (Å²) < 4.78 is 0. The third-order valence-electron chi connectivity index (χ3n) is 4.39. The van der Waals surface area contributed by atoms with Gasteiger partial charge in [-0.2, -0.15) is 0 Å². The van der Waals surface area contributed by atoms with Crippen LogP contribution in [0.15, 0.2) is 24.3 Å². The number of benzene rings is 1. The fourth-order valence-corrected chi connectivity index (χ4v) is 3.95. The number of rotatable bonds is 5. The first-order valence-electron chi connectivity index (χ1n) is 8.22. The second-order valence-electron chi connectivity index (χ2n) is 6.26. The largest absolute Gasteiger partial charge is 0.316 e. The summed E-state index contributed by atoms with van der Waals surface area (Å²) >= 11 is 7.36. The van der Waals surface area contributed by atoms with E-state index < -0.39 is 0 Å². The average molecular weight is 365 g/mol. The highest BCUT2D eigenvalue weighted by atomic mass is 35.5. The number of hydrogen-bond acceptors (Lipinski definition) is 5. The lowest BCUT2D eigenvalue weighted by molar-refractivity contribution is -0.117. The van der Waals surface area contributed by atoms with Gasteiger partial charge in [0.2, 0.25) is 11.0 Å². The third kappa shape index (κ3) is 4.53. The summed E-state index contributed by atoms with van der Waals surface area (Å²) in [5, 5.41) is 16.4. The highest BCUT2D eigenvalue weighted by molar-refractivity contribution is 7.18. The Kier molecular flexibility index (Phi) is 5.81. The maximum atomic E-state index is 12.3. The van der Waals surface area contributed by atoms with E-state index >= 15 is 0 Å².